The first-order chi connectivity index (χ1) is 18.9. The van der Waals surface area contributed by atoms with Crippen LogP contribution >= 0.6 is 0 Å². The molecule has 200 valence electrons. The second kappa shape index (κ2) is 9.89. The second-order valence-electron chi connectivity index (χ2n) is 10.6. The Labute approximate surface area is 225 Å². The third kappa shape index (κ3) is 4.57. The van der Waals surface area contributed by atoms with Crippen molar-refractivity contribution in [3.8, 4) is 0 Å². The largest absolute Gasteiger partial charge is 0.362 e. The number of anilines is 1. The van der Waals surface area contributed by atoms with Crippen LogP contribution in [0.4, 0.5) is 15.9 Å². The minimum Gasteiger partial charge on any atom is -0.362 e. The first kappa shape index (κ1) is 25.2. The Bertz CT molecular complexity index is 1620. The van der Waals surface area contributed by atoms with Gasteiger partial charge in [0.15, 0.2) is 5.82 Å². The molecule has 6 rings (SSSR count). The summed E-state index contributed by atoms with van der Waals surface area (Å²) >= 11 is 0. The van der Waals surface area contributed by atoms with Gasteiger partial charge in [0.1, 0.15) is 11.9 Å². The highest BCUT2D eigenvalue weighted by atomic mass is 19.1. The van der Waals surface area contributed by atoms with Gasteiger partial charge in [0.2, 0.25) is 11.4 Å². The van der Waals surface area contributed by atoms with Gasteiger partial charge in [-0.3, -0.25) is 9.69 Å². The molecule has 0 amide bonds. The van der Waals surface area contributed by atoms with Gasteiger partial charge in [0, 0.05) is 44.2 Å². The Morgan fingerprint density at radius 2 is 1.92 bits per heavy atom. The number of fused-ring (bicyclic) bond motifs is 1. The first-order valence-corrected chi connectivity index (χ1v) is 13.4. The van der Waals surface area contributed by atoms with E-state index in [4.69, 9.17) is 16.1 Å². The highest BCUT2D eigenvalue weighted by Gasteiger charge is 2.40. The third-order valence-corrected chi connectivity index (χ3v) is 7.98. The lowest BCUT2D eigenvalue weighted by molar-refractivity contribution is 0.0976. The number of aryl methyl sites for hydroxylation is 1. The van der Waals surface area contributed by atoms with Gasteiger partial charge in [0.05, 0.1) is 11.2 Å². The maximum Gasteiger partial charge on any atom is 0.270 e. The van der Waals surface area contributed by atoms with E-state index >= 15 is 0 Å². The second-order valence-corrected chi connectivity index (χ2v) is 10.6. The third-order valence-electron chi connectivity index (χ3n) is 7.98. The SMILES string of the molecule is [C-]#[N+]c1ccc2c(n1)c(N1C[C@@H](CC)N(C(c3ccc(F)cc3)c3nc(C4CC4)no3)C[C@@H]1C)cc(=O)n2C. The number of hydrogen-bond donors (Lipinski definition) is 0. The van der Waals surface area contributed by atoms with E-state index in [9.17, 15) is 9.18 Å². The average molecular weight is 528 g/mol. The van der Waals surface area contributed by atoms with Crippen LogP contribution in [-0.4, -0.2) is 49.8 Å². The van der Waals surface area contributed by atoms with Crippen LogP contribution in [-0.2, 0) is 7.05 Å². The van der Waals surface area contributed by atoms with Gasteiger partial charge in [-0.15, -0.1) is 4.98 Å². The summed E-state index contributed by atoms with van der Waals surface area (Å²) in [5.41, 5.74) is 2.83. The van der Waals surface area contributed by atoms with Gasteiger partial charge < -0.3 is 18.8 Å². The van der Waals surface area contributed by atoms with Gasteiger partial charge in [-0.05, 0) is 56.0 Å². The fourth-order valence-corrected chi connectivity index (χ4v) is 5.65. The molecule has 1 aromatic carbocycles. The van der Waals surface area contributed by atoms with Crippen molar-refractivity contribution in [2.75, 3.05) is 18.0 Å². The van der Waals surface area contributed by atoms with Crippen LogP contribution in [0.5, 0.6) is 0 Å². The van der Waals surface area contributed by atoms with Crippen molar-refractivity contribution < 1.29 is 8.91 Å². The van der Waals surface area contributed by atoms with Crippen LogP contribution in [0.2, 0.25) is 0 Å². The van der Waals surface area contributed by atoms with Crippen LogP contribution in [0.25, 0.3) is 15.9 Å². The Hall–Kier alpha value is -4.10. The van der Waals surface area contributed by atoms with Crippen molar-refractivity contribution >= 4 is 22.5 Å². The summed E-state index contributed by atoms with van der Waals surface area (Å²) in [5, 5.41) is 4.27. The number of benzene rings is 1. The van der Waals surface area contributed by atoms with Crippen LogP contribution in [0.3, 0.4) is 0 Å². The van der Waals surface area contributed by atoms with Crippen LogP contribution in [0, 0.1) is 12.4 Å². The topological polar surface area (TPSA) is 84.7 Å². The van der Waals surface area contributed by atoms with Crippen molar-refractivity contribution in [3.63, 3.8) is 0 Å². The zero-order valence-electron chi connectivity index (χ0n) is 22.2. The fourth-order valence-electron chi connectivity index (χ4n) is 5.65. The summed E-state index contributed by atoms with van der Waals surface area (Å²) in [6.45, 7) is 13.0. The highest BCUT2D eigenvalue weighted by molar-refractivity contribution is 5.89. The zero-order valence-corrected chi connectivity index (χ0v) is 22.2. The molecule has 1 saturated carbocycles. The Morgan fingerprint density at radius 3 is 2.62 bits per heavy atom. The molecule has 0 spiro atoms. The number of rotatable bonds is 6. The molecular formula is C29H30FN7O2. The number of halogens is 1. The van der Waals surface area contributed by atoms with Gasteiger partial charge >= 0.3 is 0 Å². The summed E-state index contributed by atoms with van der Waals surface area (Å²) in [6.07, 6.45) is 2.97. The average Bonchev–Trinajstić information content (AvgIpc) is 3.69. The summed E-state index contributed by atoms with van der Waals surface area (Å²) in [5.74, 6) is 1.61. The van der Waals surface area contributed by atoms with Crippen LogP contribution < -0.4 is 10.5 Å². The van der Waals surface area contributed by atoms with Gasteiger partial charge in [-0.1, -0.05) is 30.8 Å². The van der Waals surface area contributed by atoms with E-state index in [0.29, 0.717) is 41.7 Å². The molecule has 1 aliphatic heterocycles. The van der Waals surface area contributed by atoms with Gasteiger partial charge in [-0.2, -0.15) is 4.98 Å². The molecule has 2 aliphatic rings. The van der Waals surface area contributed by atoms with E-state index < -0.39 is 0 Å². The van der Waals surface area contributed by atoms with E-state index in [1.807, 2.05) is 0 Å². The molecule has 1 unspecified atom stereocenters. The van der Waals surface area contributed by atoms with Crippen molar-refractivity contribution in [1.29, 1.82) is 0 Å². The normalized spacial score (nSPS) is 20.7. The summed E-state index contributed by atoms with van der Waals surface area (Å²) in [6, 6.07) is 11.3. The summed E-state index contributed by atoms with van der Waals surface area (Å²) < 4.78 is 21.3. The molecule has 4 heterocycles. The molecule has 0 N–H and O–H groups in total. The lowest BCUT2D eigenvalue weighted by Gasteiger charge is -2.48. The van der Waals surface area contributed by atoms with Gasteiger partial charge in [0.25, 0.3) is 11.4 Å². The number of aromatic nitrogens is 4. The summed E-state index contributed by atoms with van der Waals surface area (Å²) in [4.78, 5) is 30.4. The van der Waals surface area contributed by atoms with E-state index in [0.717, 1.165) is 36.3 Å². The van der Waals surface area contributed by atoms with E-state index in [2.05, 4.69) is 38.6 Å². The monoisotopic (exact) mass is 527 g/mol. The molecule has 0 radical (unpaired) electrons. The maximum absolute atomic E-state index is 13.9. The molecule has 9 nitrogen and oxygen atoms in total. The van der Waals surface area contributed by atoms with E-state index in [1.54, 1.807) is 41.9 Å². The molecule has 2 fully saturated rings. The molecule has 10 heteroatoms. The predicted octanol–water partition coefficient (Wildman–Crippen LogP) is 4.96. The molecule has 39 heavy (non-hydrogen) atoms. The van der Waals surface area contributed by atoms with Crippen molar-refractivity contribution in [3.05, 3.63) is 87.3 Å². The lowest BCUT2D eigenvalue weighted by Crippen LogP contribution is -2.58. The molecule has 1 saturated heterocycles. The van der Waals surface area contributed by atoms with Crippen LogP contribution in [0.1, 0.15) is 62.3 Å². The number of pyridine rings is 2. The standard InChI is InChI=1S/C29H30FN7O2/c1-5-21-16-36(23-14-25(38)35(4)22-12-13-24(31-3)32-26(22)23)17(2)15-37(21)27(18-8-10-20(30)11-9-18)29-33-28(34-39-29)19-6-7-19/h8-14,17,19,21,27H,5-7,15-16H2,1-2,4H3/t17-,21+,27?/m0/s1. The highest BCUT2D eigenvalue weighted by Crippen LogP contribution is 2.41. The predicted molar refractivity (Wildman–Crippen MR) is 145 cm³/mol. The molecule has 3 aromatic heterocycles. The molecule has 3 atom stereocenters. The maximum atomic E-state index is 13.9. The molecule has 1 aliphatic carbocycles. The minimum atomic E-state index is -0.327. The fraction of sp³-hybridized carbons (Fsp3) is 0.414. The number of hydrogen-bond acceptors (Lipinski definition) is 7. The van der Waals surface area contributed by atoms with E-state index in [-0.39, 0.29) is 29.5 Å². The summed E-state index contributed by atoms with van der Waals surface area (Å²) in [7, 11) is 1.72. The van der Waals surface area contributed by atoms with Crippen molar-refractivity contribution in [2.45, 2.75) is 57.2 Å². The minimum absolute atomic E-state index is 0.00438. The Morgan fingerprint density at radius 1 is 1.15 bits per heavy atom. The van der Waals surface area contributed by atoms with Crippen LogP contribution in [0.15, 0.2) is 51.8 Å². The van der Waals surface area contributed by atoms with Gasteiger partial charge in [-0.25, -0.2) is 4.39 Å². The van der Waals surface area contributed by atoms with E-state index in [1.165, 1.54) is 12.1 Å². The quantitative estimate of drug-likeness (QED) is 0.328. The first-order valence-electron chi connectivity index (χ1n) is 13.4. The number of nitrogens with zero attached hydrogens (tertiary/aromatic N) is 7. The molecule has 0 bridgehead atoms. The van der Waals surface area contributed by atoms with Crippen molar-refractivity contribution in [1.82, 2.24) is 24.6 Å². The Balaban J connectivity index is 1.40. The zero-order chi connectivity index (χ0) is 27.3. The number of piperazine rings is 1. The Kier molecular flexibility index (Phi) is 6.39. The molecule has 4 aromatic rings. The lowest BCUT2D eigenvalue weighted by atomic mass is 9.97. The van der Waals surface area contributed by atoms with Crippen molar-refractivity contribution in [2.24, 2.45) is 7.05 Å². The smallest absolute Gasteiger partial charge is 0.270 e. The molecular weight excluding hydrogens is 497 g/mol.